The summed E-state index contributed by atoms with van der Waals surface area (Å²) < 4.78 is 69.4. The van der Waals surface area contributed by atoms with Crippen molar-refractivity contribution in [1.82, 2.24) is 0 Å². The zero-order valence-corrected chi connectivity index (χ0v) is 23.1. The summed E-state index contributed by atoms with van der Waals surface area (Å²) in [5, 5.41) is 0. The van der Waals surface area contributed by atoms with E-state index in [1.165, 1.54) is 48.9 Å². The molecule has 4 aromatic rings. The van der Waals surface area contributed by atoms with Gasteiger partial charge in [0.2, 0.25) is 11.6 Å². The molecule has 7 heteroatoms. The first-order valence-electron chi connectivity index (χ1n) is 13.8. The van der Waals surface area contributed by atoms with Crippen molar-refractivity contribution in [3.63, 3.8) is 0 Å². The molecule has 0 N–H and O–H groups in total. The third-order valence-electron chi connectivity index (χ3n) is 6.85. The molecule has 41 heavy (non-hydrogen) atoms. The fourth-order valence-corrected chi connectivity index (χ4v) is 4.44. The molecule has 0 spiro atoms. The smallest absolute Gasteiger partial charge is 0.343 e. The van der Waals surface area contributed by atoms with Crippen LogP contribution in [0.4, 0.5) is 17.6 Å². The lowest BCUT2D eigenvalue weighted by Gasteiger charge is -2.11. The summed E-state index contributed by atoms with van der Waals surface area (Å²) in [6.07, 6.45) is 6.19. The normalized spacial score (nSPS) is 11.0. The molecule has 3 nitrogen and oxygen atoms in total. The number of rotatable bonds is 12. The number of carbonyl (C=O) groups is 1. The van der Waals surface area contributed by atoms with Gasteiger partial charge in [-0.25, -0.2) is 13.6 Å². The van der Waals surface area contributed by atoms with Crippen LogP contribution in [0.3, 0.4) is 0 Å². The van der Waals surface area contributed by atoms with E-state index >= 15 is 0 Å². The Kier molecular flexibility index (Phi) is 10.2. The van der Waals surface area contributed by atoms with E-state index in [1.807, 2.05) is 19.1 Å². The molecule has 0 aromatic heterocycles. The summed E-state index contributed by atoms with van der Waals surface area (Å²) in [5.41, 5.74) is 2.06. The van der Waals surface area contributed by atoms with E-state index in [2.05, 4.69) is 6.92 Å². The van der Waals surface area contributed by atoms with Crippen molar-refractivity contribution in [3.8, 4) is 33.8 Å². The summed E-state index contributed by atoms with van der Waals surface area (Å²) in [7, 11) is 0. The highest BCUT2D eigenvalue weighted by Crippen LogP contribution is 2.32. The number of halogens is 4. The highest BCUT2D eigenvalue weighted by molar-refractivity contribution is 5.91. The minimum atomic E-state index is -1.33. The Bertz CT molecular complexity index is 1480. The first kappa shape index (κ1) is 29.8. The quantitative estimate of drug-likeness (QED) is 0.0744. The standard InChI is InChI=1S/C34H32F4O3/c1-3-4-5-6-7-8-21-40-28-19-20-29(33(38)32(28)37)41-34(39)25-15-13-24(14-16-25)27-18-17-26(30(35)31(27)36)23-11-9-22(2)10-12-23/h9-20H,3-8,21H2,1-2H3. The fourth-order valence-electron chi connectivity index (χ4n) is 4.44. The average molecular weight is 565 g/mol. The number of aryl methyl sites for hydroxylation is 1. The van der Waals surface area contributed by atoms with Crippen molar-refractivity contribution < 1.29 is 31.8 Å². The van der Waals surface area contributed by atoms with Gasteiger partial charge in [0, 0.05) is 11.1 Å². The topological polar surface area (TPSA) is 35.5 Å². The van der Waals surface area contributed by atoms with Crippen LogP contribution >= 0.6 is 0 Å². The van der Waals surface area contributed by atoms with Gasteiger partial charge >= 0.3 is 5.97 Å². The van der Waals surface area contributed by atoms with Gasteiger partial charge in [0.05, 0.1) is 12.2 Å². The Labute approximate surface area is 237 Å². The minimum absolute atomic E-state index is 0.0166. The van der Waals surface area contributed by atoms with Crippen molar-refractivity contribution in [2.45, 2.75) is 52.4 Å². The molecular weight excluding hydrogens is 532 g/mol. The second kappa shape index (κ2) is 14.0. The first-order chi connectivity index (χ1) is 19.8. The number of unbranched alkanes of at least 4 members (excludes halogenated alkanes) is 5. The number of hydrogen-bond acceptors (Lipinski definition) is 3. The van der Waals surface area contributed by atoms with E-state index in [0.717, 1.165) is 43.7 Å². The van der Waals surface area contributed by atoms with Crippen LogP contribution in [0.2, 0.25) is 0 Å². The van der Waals surface area contributed by atoms with Crippen molar-refractivity contribution in [2.75, 3.05) is 6.61 Å². The zero-order chi connectivity index (χ0) is 29.4. The Morgan fingerprint density at radius 2 is 1.12 bits per heavy atom. The summed E-state index contributed by atoms with van der Waals surface area (Å²) in [5.74, 6) is -6.32. The lowest BCUT2D eigenvalue weighted by molar-refractivity contribution is 0.0726. The number of ether oxygens (including phenoxy) is 2. The third kappa shape index (κ3) is 7.34. The van der Waals surface area contributed by atoms with E-state index < -0.39 is 35.0 Å². The number of carbonyl (C=O) groups excluding carboxylic acids is 1. The Balaban J connectivity index is 1.40. The maximum Gasteiger partial charge on any atom is 0.343 e. The van der Waals surface area contributed by atoms with Crippen molar-refractivity contribution in [2.24, 2.45) is 0 Å². The molecule has 0 fully saturated rings. The molecule has 214 valence electrons. The third-order valence-corrected chi connectivity index (χ3v) is 6.85. The largest absolute Gasteiger partial charge is 0.490 e. The van der Waals surface area contributed by atoms with Crippen LogP contribution in [0.1, 0.15) is 61.4 Å². The minimum Gasteiger partial charge on any atom is -0.490 e. The van der Waals surface area contributed by atoms with Crippen LogP contribution in [-0.4, -0.2) is 12.6 Å². The van der Waals surface area contributed by atoms with E-state index in [1.54, 1.807) is 12.1 Å². The number of benzene rings is 4. The predicted molar refractivity (Wildman–Crippen MR) is 152 cm³/mol. The summed E-state index contributed by atoms with van der Waals surface area (Å²) in [6.45, 7) is 4.30. The van der Waals surface area contributed by atoms with Gasteiger partial charge in [-0.15, -0.1) is 0 Å². The second-order valence-electron chi connectivity index (χ2n) is 9.93. The van der Waals surface area contributed by atoms with Crippen LogP contribution in [0.15, 0.2) is 72.8 Å². The molecule has 4 aromatic carbocycles. The predicted octanol–water partition coefficient (Wildman–Crippen LogP) is 9.84. The monoisotopic (exact) mass is 564 g/mol. The fraction of sp³-hybridized carbons (Fsp3) is 0.265. The second-order valence-corrected chi connectivity index (χ2v) is 9.93. The van der Waals surface area contributed by atoms with Crippen LogP contribution in [0.5, 0.6) is 11.5 Å². The molecule has 0 unspecified atom stereocenters. The van der Waals surface area contributed by atoms with E-state index in [-0.39, 0.29) is 29.0 Å². The van der Waals surface area contributed by atoms with Gasteiger partial charge in [0.15, 0.2) is 23.1 Å². The van der Waals surface area contributed by atoms with E-state index in [9.17, 15) is 22.4 Å². The Hall–Kier alpha value is -4.13. The molecule has 4 rings (SSSR count). The Morgan fingerprint density at radius 3 is 1.73 bits per heavy atom. The zero-order valence-electron chi connectivity index (χ0n) is 23.1. The maximum atomic E-state index is 15.0. The average Bonchev–Trinajstić information content (AvgIpc) is 2.98. The van der Waals surface area contributed by atoms with Crippen molar-refractivity contribution in [1.29, 1.82) is 0 Å². The molecule has 0 aliphatic carbocycles. The van der Waals surface area contributed by atoms with Crippen LogP contribution in [0.25, 0.3) is 22.3 Å². The number of esters is 1. The van der Waals surface area contributed by atoms with Crippen LogP contribution in [-0.2, 0) is 0 Å². The van der Waals surface area contributed by atoms with Crippen LogP contribution < -0.4 is 9.47 Å². The van der Waals surface area contributed by atoms with Gasteiger partial charge in [-0.3, -0.25) is 0 Å². The van der Waals surface area contributed by atoms with E-state index in [0.29, 0.717) is 11.1 Å². The first-order valence-corrected chi connectivity index (χ1v) is 13.8. The van der Waals surface area contributed by atoms with Crippen LogP contribution in [0, 0.1) is 30.2 Å². The lowest BCUT2D eigenvalue weighted by Crippen LogP contribution is -2.10. The van der Waals surface area contributed by atoms with E-state index in [4.69, 9.17) is 9.47 Å². The molecule has 0 amide bonds. The highest BCUT2D eigenvalue weighted by Gasteiger charge is 2.20. The summed E-state index contributed by atoms with van der Waals surface area (Å²) >= 11 is 0. The highest BCUT2D eigenvalue weighted by atomic mass is 19.2. The Morgan fingerprint density at radius 1 is 0.610 bits per heavy atom. The van der Waals surface area contributed by atoms with Gasteiger partial charge in [-0.2, -0.15) is 8.78 Å². The SMILES string of the molecule is CCCCCCCCOc1ccc(OC(=O)c2ccc(-c3ccc(-c4ccc(C)cc4)c(F)c3F)cc2)c(F)c1F. The van der Waals surface area contributed by atoms with Gasteiger partial charge in [0.1, 0.15) is 0 Å². The lowest BCUT2D eigenvalue weighted by atomic mass is 9.98. The molecule has 0 aliphatic rings. The summed E-state index contributed by atoms with van der Waals surface area (Å²) in [6, 6.07) is 17.9. The van der Waals surface area contributed by atoms with Crippen molar-refractivity contribution in [3.05, 3.63) is 107 Å². The van der Waals surface area contributed by atoms with Gasteiger partial charge in [-0.1, -0.05) is 93.1 Å². The molecule has 0 bridgehead atoms. The maximum absolute atomic E-state index is 15.0. The molecular formula is C34H32F4O3. The molecule has 0 atom stereocenters. The van der Waals surface area contributed by atoms with Gasteiger partial charge in [0.25, 0.3) is 0 Å². The van der Waals surface area contributed by atoms with Gasteiger partial charge < -0.3 is 9.47 Å². The molecule has 0 saturated heterocycles. The summed E-state index contributed by atoms with van der Waals surface area (Å²) in [4.78, 5) is 12.6. The van der Waals surface area contributed by atoms with Gasteiger partial charge in [-0.05, 0) is 48.7 Å². The molecule has 0 heterocycles. The van der Waals surface area contributed by atoms with Crippen molar-refractivity contribution >= 4 is 5.97 Å². The number of hydrogen-bond donors (Lipinski definition) is 0. The molecule has 0 radical (unpaired) electrons. The molecule has 0 aliphatic heterocycles. The molecule has 0 saturated carbocycles.